The van der Waals surface area contributed by atoms with E-state index in [9.17, 15) is 19.5 Å². The van der Waals surface area contributed by atoms with Crippen LogP contribution in [0.5, 0.6) is 0 Å². The van der Waals surface area contributed by atoms with Gasteiger partial charge in [0.05, 0.1) is 5.92 Å². The fraction of sp³-hybridized carbons (Fsp3) is 0.444. The number of rotatable bonds is 6. The van der Waals surface area contributed by atoms with Gasteiger partial charge in [-0.15, -0.1) is 0 Å². The van der Waals surface area contributed by atoms with Crippen molar-refractivity contribution in [1.82, 2.24) is 10.2 Å². The summed E-state index contributed by atoms with van der Waals surface area (Å²) in [5.74, 6) is -1.42. The van der Waals surface area contributed by atoms with Crippen molar-refractivity contribution in [2.45, 2.75) is 50.6 Å². The number of carboxylic acids is 1. The van der Waals surface area contributed by atoms with Gasteiger partial charge in [0.15, 0.2) is 0 Å². The molecule has 7 heteroatoms. The largest absolute Gasteiger partial charge is 0.481 e. The zero-order valence-electron chi connectivity index (χ0n) is 19.3. The summed E-state index contributed by atoms with van der Waals surface area (Å²) < 4.78 is 5.62. The summed E-state index contributed by atoms with van der Waals surface area (Å²) in [6, 6.07) is 15.2. The third-order valence-corrected chi connectivity index (χ3v) is 7.72. The Kier molecular flexibility index (Phi) is 6.02. The van der Waals surface area contributed by atoms with Crippen LogP contribution in [0.4, 0.5) is 4.79 Å². The van der Waals surface area contributed by atoms with Crippen LogP contribution < -0.4 is 5.32 Å². The van der Waals surface area contributed by atoms with E-state index in [1.54, 1.807) is 4.90 Å². The second kappa shape index (κ2) is 9.12. The van der Waals surface area contributed by atoms with E-state index in [4.69, 9.17) is 4.74 Å². The van der Waals surface area contributed by atoms with Crippen molar-refractivity contribution >= 4 is 18.0 Å². The highest BCUT2D eigenvalue weighted by Gasteiger charge is 2.47. The molecule has 3 unspecified atom stereocenters. The third kappa shape index (κ3) is 3.93. The maximum Gasteiger partial charge on any atom is 0.407 e. The lowest BCUT2D eigenvalue weighted by Crippen LogP contribution is -2.61. The highest BCUT2D eigenvalue weighted by Crippen LogP contribution is 2.44. The molecule has 2 amide bonds. The van der Waals surface area contributed by atoms with Crippen molar-refractivity contribution in [2.75, 3.05) is 13.2 Å². The van der Waals surface area contributed by atoms with Crippen molar-refractivity contribution in [3.05, 3.63) is 59.7 Å². The van der Waals surface area contributed by atoms with Gasteiger partial charge in [-0.1, -0.05) is 55.5 Å². The van der Waals surface area contributed by atoms with Gasteiger partial charge in [0.2, 0.25) is 5.91 Å². The molecule has 2 N–H and O–H groups in total. The smallest absolute Gasteiger partial charge is 0.407 e. The number of hydrogen-bond acceptors (Lipinski definition) is 4. The number of amides is 2. The molecule has 2 aromatic carbocycles. The average molecular weight is 463 g/mol. The topological polar surface area (TPSA) is 95.9 Å². The Bertz CT molecular complexity index is 1070. The second-order valence-corrected chi connectivity index (χ2v) is 9.61. The minimum Gasteiger partial charge on any atom is -0.481 e. The molecule has 0 radical (unpaired) electrons. The van der Waals surface area contributed by atoms with Crippen LogP contribution in [-0.4, -0.2) is 53.2 Å². The van der Waals surface area contributed by atoms with Crippen LogP contribution in [0.15, 0.2) is 48.5 Å². The molecule has 178 valence electrons. The Morgan fingerprint density at radius 1 is 1.06 bits per heavy atom. The molecule has 2 aliphatic carbocycles. The predicted octanol–water partition coefficient (Wildman–Crippen LogP) is 4.02. The number of carbonyl (C=O) groups excluding carboxylic acids is 2. The number of fused-ring (bicyclic) bond motifs is 6. The molecular weight excluding hydrogens is 432 g/mol. The van der Waals surface area contributed by atoms with E-state index < -0.39 is 24.0 Å². The number of carboxylic acid groups (broad SMARTS) is 1. The van der Waals surface area contributed by atoms with E-state index in [0.29, 0.717) is 25.8 Å². The van der Waals surface area contributed by atoms with Crippen LogP contribution in [0.2, 0.25) is 0 Å². The van der Waals surface area contributed by atoms with E-state index in [-0.39, 0.29) is 30.4 Å². The second-order valence-electron chi connectivity index (χ2n) is 9.61. The van der Waals surface area contributed by atoms with Crippen LogP contribution in [-0.2, 0) is 14.3 Å². The fourth-order valence-electron chi connectivity index (χ4n) is 6.03. The molecule has 0 aromatic heterocycles. The molecule has 3 fully saturated rings. The number of nitrogens with one attached hydrogen (secondary N) is 1. The Hall–Kier alpha value is -3.35. The Morgan fingerprint density at radius 2 is 1.71 bits per heavy atom. The fourth-order valence-corrected chi connectivity index (χ4v) is 6.03. The number of aliphatic carboxylic acids is 1. The number of hydrogen-bond donors (Lipinski definition) is 2. The van der Waals surface area contributed by atoms with Crippen molar-refractivity contribution in [3.63, 3.8) is 0 Å². The quantitative estimate of drug-likeness (QED) is 0.676. The van der Waals surface area contributed by atoms with Gasteiger partial charge in [0.1, 0.15) is 12.6 Å². The van der Waals surface area contributed by atoms with Gasteiger partial charge in [0, 0.05) is 18.5 Å². The molecule has 2 saturated heterocycles. The van der Waals surface area contributed by atoms with Crippen LogP contribution in [0, 0.1) is 11.8 Å². The third-order valence-electron chi connectivity index (χ3n) is 7.72. The molecule has 6 rings (SSSR count). The summed E-state index contributed by atoms with van der Waals surface area (Å²) in [5, 5.41) is 12.3. The van der Waals surface area contributed by atoms with E-state index in [2.05, 4.69) is 29.6 Å². The predicted molar refractivity (Wildman–Crippen MR) is 126 cm³/mol. The van der Waals surface area contributed by atoms with Gasteiger partial charge in [-0.25, -0.2) is 4.79 Å². The van der Waals surface area contributed by atoms with E-state index >= 15 is 0 Å². The van der Waals surface area contributed by atoms with E-state index in [0.717, 1.165) is 28.7 Å². The van der Waals surface area contributed by atoms with Crippen molar-refractivity contribution in [2.24, 2.45) is 11.8 Å². The highest BCUT2D eigenvalue weighted by atomic mass is 16.5. The zero-order chi connectivity index (χ0) is 23.8. The Balaban J connectivity index is 1.24. The number of benzene rings is 2. The summed E-state index contributed by atoms with van der Waals surface area (Å²) in [7, 11) is 0. The van der Waals surface area contributed by atoms with Gasteiger partial charge in [-0.05, 0) is 53.9 Å². The maximum atomic E-state index is 13.3. The van der Waals surface area contributed by atoms with Crippen molar-refractivity contribution < 1.29 is 24.2 Å². The van der Waals surface area contributed by atoms with Gasteiger partial charge < -0.3 is 20.1 Å². The standard InChI is InChI=1S/C27H30N2O5/c1-2-23(25(30)29-14-16-11-12-24(29)21(13-16)26(31)32)28-27(33)34-15-22-19-9-5-3-7-17(19)18-8-4-6-10-20(18)22/h3-10,16,21-24H,2,11-15H2,1H3,(H,28,33)(H,31,32)/t16?,21?,23-,24?/m1/s1. The molecular formula is C27H30N2O5. The summed E-state index contributed by atoms with van der Waals surface area (Å²) in [5.41, 5.74) is 4.57. The summed E-state index contributed by atoms with van der Waals surface area (Å²) in [6.07, 6.45) is 2.07. The van der Waals surface area contributed by atoms with Crippen LogP contribution in [0.1, 0.15) is 49.7 Å². The minimum absolute atomic E-state index is 0.0527. The minimum atomic E-state index is -0.843. The first-order valence-electron chi connectivity index (χ1n) is 12.1. The molecule has 1 saturated carbocycles. The van der Waals surface area contributed by atoms with Gasteiger partial charge in [-0.3, -0.25) is 9.59 Å². The molecule has 7 nitrogen and oxygen atoms in total. The molecule has 34 heavy (non-hydrogen) atoms. The van der Waals surface area contributed by atoms with Gasteiger partial charge in [-0.2, -0.15) is 0 Å². The van der Waals surface area contributed by atoms with Gasteiger partial charge >= 0.3 is 12.1 Å². The van der Waals surface area contributed by atoms with Crippen LogP contribution >= 0.6 is 0 Å². The monoisotopic (exact) mass is 462 g/mol. The SMILES string of the molecule is CC[C@@H](NC(=O)OCC1c2ccccc2-c2ccccc21)C(=O)N1CC2CCC1C(C(=O)O)C2. The molecule has 2 aromatic rings. The van der Waals surface area contributed by atoms with Crippen molar-refractivity contribution in [1.29, 1.82) is 0 Å². The first-order chi connectivity index (χ1) is 16.5. The lowest BCUT2D eigenvalue weighted by Gasteiger charge is -2.49. The Labute approximate surface area is 199 Å². The number of ether oxygens (including phenoxy) is 1. The lowest BCUT2D eigenvalue weighted by molar-refractivity contribution is -0.156. The lowest BCUT2D eigenvalue weighted by atomic mass is 9.72. The molecule has 2 aliphatic heterocycles. The molecule has 0 spiro atoms. The summed E-state index contributed by atoms with van der Waals surface area (Å²) in [4.78, 5) is 39.4. The molecule has 2 bridgehead atoms. The van der Waals surface area contributed by atoms with E-state index in [1.807, 2.05) is 31.2 Å². The molecule has 4 aliphatic rings. The van der Waals surface area contributed by atoms with Crippen molar-refractivity contribution in [3.8, 4) is 11.1 Å². The van der Waals surface area contributed by atoms with Gasteiger partial charge in [0.25, 0.3) is 0 Å². The van der Waals surface area contributed by atoms with Crippen LogP contribution in [0.25, 0.3) is 11.1 Å². The molecule has 2 heterocycles. The molecule has 4 atom stereocenters. The number of nitrogens with zero attached hydrogens (tertiary/aromatic N) is 1. The number of piperidine rings is 2. The summed E-state index contributed by atoms with van der Waals surface area (Å²) in [6.45, 7) is 2.58. The maximum absolute atomic E-state index is 13.3. The normalized spacial score (nSPS) is 23.7. The zero-order valence-corrected chi connectivity index (χ0v) is 19.3. The first-order valence-corrected chi connectivity index (χ1v) is 12.1. The summed E-state index contributed by atoms with van der Waals surface area (Å²) >= 11 is 0. The van der Waals surface area contributed by atoms with E-state index in [1.165, 1.54) is 0 Å². The Morgan fingerprint density at radius 3 is 2.29 bits per heavy atom. The number of carbonyl (C=O) groups is 3. The highest BCUT2D eigenvalue weighted by molar-refractivity contribution is 5.87. The number of alkyl carbamates (subject to hydrolysis) is 1. The average Bonchev–Trinajstić information content (AvgIpc) is 3.19. The van der Waals surface area contributed by atoms with Crippen LogP contribution in [0.3, 0.4) is 0 Å². The first kappa shape index (κ1) is 22.4.